The first-order valence-corrected chi connectivity index (χ1v) is 30.7. The van der Waals surface area contributed by atoms with Crippen molar-refractivity contribution < 1.29 is 28.6 Å². The van der Waals surface area contributed by atoms with E-state index in [2.05, 4.69) is 118 Å². The fourth-order valence-corrected chi connectivity index (χ4v) is 8.55. The zero-order valence-corrected chi connectivity index (χ0v) is 47.9. The number of allylic oxidation sites excluding steroid dienone is 16. The molecular formula is C67H114O6. The molecule has 418 valence electrons. The van der Waals surface area contributed by atoms with Crippen molar-refractivity contribution in [3.05, 3.63) is 97.2 Å². The lowest BCUT2D eigenvalue weighted by Crippen LogP contribution is -2.30. The van der Waals surface area contributed by atoms with Crippen molar-refractivity contribution in [2.75, 3.05) is 13.2 Å². The Morgan fingerprint density at radius 3 is 0.890 bits per heavy atom. The molecule has 0 spiro atoms. The van der Waals surface area contributed by atoms with Gasteiger partial charge in [-0.15, -0.1) is 0 Å². The molecule has 0 aromatic heterocycles. The monoisotopic (exact) mass is 1010 g/mol. The van der Waals surface area contributed by atoms with E-state index < -0.39 is 6.10 Å². The molecule has 0 aromatic carbocycles. The van der Waals surface area contributed by atoms with Crippen molar-refractivity contribution in [1.82, 2.24) is 0 Å². The average molecular weight is 1020 g/mol. The molecule has 0 saturated heterocycles. The molecule has 0 aliphatic heterocycles. The van der Waals surface area contributed by atoms with E-state index in [1.54, 1.807) is 0 Å². The van der Waals surface area contributed by atoms with Crippen LogP contribution in [0.1, 0.15) is 290 Å². The molecule has 1 atom stereocenters. The maximum atomic E-state index is 12.9. The molecule has 0 aromatic rings. The molecule has 0 rings (SSSR count). The molecule has 1 unspecified atom stereocenters. The lowest BCUT2D eigenvalue weighted by atomic mass is 10.0. The Labute approximate surface area is 451 Å². The van der Waals surface area contributed by atoms with E-state index in [1.165, 1.54) is 148 Å². The van der Waals surface area contributed by atoms with Crippen molar-refractivity contribution in [2.45, 2.75) is 297 Å². The normalized spacial score (nSPS) is 12.8. The summed E-state index contributed by atoms with van der Waals surface area (Å²) < 4.78 is 16.9. The first-order valence-electron chi connectivity index (χ1n) is 30.7. The standard InChI is InChI=1S/C67H114O6/c1-4-7-10-13-16-19-22-25-28-31-33-36-39-42-45-48-51-54-57-60-66(69)72-63-64(62-71-65(68)59-56-53-50-47-44-41-38-35-30-27-24-21-18-15-12-9-6-3)73-67(70)61-58-55-52-49-46-43-40-37-34-32-29-26-23-20-17-14-11-8-5-2/h7,9-10,12,16,18-19,21,25,27-28,30,38,41,47,50,64H,4-6,8,11,13-15,17,20,22-24,26,29,31-37,39-40,42-46,48-49,51-63H2,1-3H3/b10-7-,12-9-,19-16-,21-18-,28-25-,30-27-,41-38-,50-47-. The number of hydrogen-bond acceptors (Lipinski definition) is 6. The molecule has 6 nitrogen and oxygen atoms in total. The summed E-state index contributed by atoms with van der Waals surface area (Å²) in [5, 5.41) is 0. The zero-order valence-electron chi connectivity index (χ0n) is 47.9. The Morgan fingerprint density at radius 2 is 0.548 bits per heavy atom. The summed E-state index contributed by atoms with van der Waals surface area (Å²) in [5.74, 6) is -0.952. The maximum absolute atomic E-state index is 12.9. The van der Waals surface area contributed by atoms with Gasteiger partial charge in [0.05, 0.1) is 0 Å². The Bertz CT molecular complexity index is 1440. The van der Waals surface area contributed by atoms with Gasteiger partial charge in [-0.2, -0.15) is 0 Å². The molecule has 0 N–H and O–H groups in total. The molecule has 0 amide bonds. The van der Waals surface area contributed by atoms with Gasteiger partial charge in [0, 0.05) is 19.3 Å². The Morgan fingerprint density at radius 1 is 0.288 bits per heavy atom. The first-order chi connectivity index (χ1) is 36.0. The van der Waals surface area contributed by atoms with Crippen LogP contribution in [0.25, 0.3) is 0 Å². The van der Waals surface area contributed by atoms with Crippen LogP contribution in [0.3, 0.4) is 0 Å². The van der Waals surface area contributed by atoms with Crippen molar-refractivity contribution in [3.8, 4) is 0 Å². The lowest BCUT2D eigenvalue weighted by molar-refractivity contribution is -0.167. The zero-order chi connectivity index (χ0) is 52.9. The summed E-state index contributed by atoms with van der Waals surface area (Å²) >= 11 is 0. The highest BCUT2D eigenvalue weighted by molar-refractivity contribution is 5.71. The van der Waals surface area contributed by atoms with E-state index >= 15 is 0 Å². The summed E-state index contributed by atoms with van der Waals surface area (Å²) in [6, 6.07) is 0. The van der Waals surface area contributed by atoms with Crippen LogP contribution < -0.4 is 0 Å². The predicted octanol–water partition coefficient (Wildman–Crippen LogP) is 20.9. The number of esters is 3. The molecule has 0 bridgehead atoms. The summed E-state index contributed by atoms with van der Waals surface area (Å²) in [6.45, 7) is 6.39. The van der Waals surface area contributed by atoms with E-state index in [1.807, 2.05) is 0 Å². The molecule has 0 radical (unpaired) electrons. The van der Waals surface area contributed by atoms with Gasteiger partial charge in [-0.1, -0.05) is 279 Å². The fraction of sp³-hybridized carbons (Fsp3) is 0.716. The highest BCUT2D eigenvalue weighted by atomic mass is 16.6. The van der Waals surface area contributed by atoms with Gasteiger partial charge in [0.1, 0.15) is 13.2 Å². The number of carbonyl (C=O) groups is 3. The summed E-state index contributed by atoms with van der Waals surface area (Å²) in [7, 11) is 0. The lowest BCUT2D eigenvalue weighted by Gasteiger charge is -2.18. The summed E-state index contributed by atoms with van der Waals surface area (Å²) in [5.41, 5.74) is 0. The Balaban J connectivity index is 4.44. The van der Waals surface area contributed by atoms with Crippen molar-refractivity contribution in [2.24, 2.45) is 0 Å². The van der Waals surface area contributed by atoms with E-state index in [0.717, 1.165) is 96.3 Å². The number of hydrogen-bond donors (Lipinski definition) is 0. The van der Waals surface area contributed by atoms with Gasteiger partial charge >= 0.3 is 17.9 Å². The van der Waals surface area contributed by atoms with Gasteiger partial charge in [-0.05, 0) is 89.9 Å². The van der Waals surface area contributed by atoms with Gasteiger partial charge in [-0.25, -0.2) is 0 Å². The van der Waals surface area contributed by atoms with Crippen LogP contribution in [0.15, 0.2) is 97.2 Å². The maximum Gasteiger partial charge on any atom is 0.306 e. The largest absolute Gasteiger partial charge is 0.462 e. The van der Waals surface area contributed by atoms with E-state index in [9.17, 15) is 14.4 Å². The second-order valence-electron chi connectivity index (χ2n) is 20.2. The highest BCUT2D eigenvalue weighted by Crippen LogP contribution is 2.16. The van der Waals surface area contributed by atoms with Crippen molar-refractivity contribution in [1.29, 1.82) is 0 Å². The summed E-state index contributed by atoms with van der Waals surface area (Å²) in [4.78, 5) is 38.3. The Hall–Kier alpha value is -3.67. The van der Waals surface area contributed by atoms with Crippen molar-refractivity contribution in [3.63, 3.8) is 0 Å². The van der Waals surface area contributed by atoms with Crippen LogP contribution in [-0.2, 0) is 28.6 Å². The second-order valence-corrected chi connectivity index (χ2v) is 20.2. The molecule has 0 saturated carbocycles. The van der Waals surface area contributed by atoms with E-state index in [4.69, 9.17) is 14.2 Å². The highest BCUT2D eigenvalue weighted by Gasteiger charge is 2.19. The quantitative estimate of drug-likeness (QED) is 0.0261. The molecule has 73 heavy (non-hydrogen) atoms. The van der Waals surface area contributed by atoms with E-state index in [0.29, 0.717) is 19.3 Å². The van der Waals surface area contributed by atoms with Crippen LogP contribution in [0, 0.1) is 0 Å². The second kappa shape index (κ2) is 60.9. The van der Waals surface area contributed by atoms with Crippen molar-refractivity contribution >= 4 is 17.9 Å². The van der Waals surface area contributed by atoms with Crippen LogP contribution in [0.5, 0.6) is 0 Å². The predicted molar refractivity (Wildman–Crippen MR) is 316 cm³/mol. The minimum Gasteiger partial charge on any atom is -0.462 e. The number of rotatable bonds is 55. The molecule has 0 fully saturated rings. The molecule has 0 aliphatic rings. The van der Waals surface area contributed by atoms with Crippen LogP contribution >= 0.6 is 0 Å². The van der Waals surface area contributed by atoms with Crippen LogP contribution in [0.2, 0.25) is 0 Å². The SMILES string of the molecule is CC/C=C\C/C=C\C/C=C\C/C=C\C/C=C\CCCC(=O)OCC(COC(=O)CCCCCCCCCCC/C=C\C/C=C\C/C=C\CC)OC(=O)CCCCCCCCCCCCCCCCCCCCC. The van der Waals surface area contributed by atoms with Crippen LogP contribution in [-0.4, -0.2) is 37.2 Å². The Kier molecular flexibility index (Phi) is 57.8. The molecular weight excluding hydrogens is 901 g/mol. The minimum absolute atomic E-state index is 0.0964. The first kappa shape index (κ1) is 69.3. The average Bonchev–Trinajstić information content (AvgIpc) is 3.39. The topological polar surface area (TPSA) is 78.9 Å². The number of carbonyl (C=O) groups excluding carboxylic acids is 3. The summed E-state index contributed by atoms with van der Waals surface area (Å²) in [6.07, 6.45) is 81.3. The molecule has 6 heteroatoms. The number of ether oxygens (including phenoxy) is 3. The van der Waals surface area contributed by atoms with Gasteiger partial charge in [0.2, 0.25) is 0 Å². The number of unbranched alkanes of at least 4 members (excludes halogenated alkanes) is 28. The van der Waals surface area contributed by atoms with Gasteiger partial charge < -0.3 is 14.2 Å². The third-order valence-corrected chi connectivity index (χ3v) is 13.1. The van der Waals surface area contributed by atoms with Crippen LogP contribution in [0.4, 0.5) is 0 Å². The van der Waals surface area contributed by atoms with Gasteiger partial charge in [-0.3, -0.25) is 14.4 Å². The fourth-order valence-electron chi connectivity index (χ4n) is 8.55. The third-order valence-electron chi connectivity index (χ3n) is 13.1. The molecule has 0 aliphatic carbocycles. The van der Waals surface area contributed by atoms with Gasteiger partial charge in [0.15, 0.2) is 6.10 Å². The third kappa shape index (κ3) is 59.1. The minimum atomic E-state index is -0.803. The van der Waals surface area contributed by atoms with E-state index in [-0.39, 0.29) is 37.5 Å². The smallest absolute Gasteiger partial charge is 0.306 e. The molecule has 0 heterocycles. The van der Waals surface area contributed by atoms with Gasteiger partial charge in [0.25, 0.3) is 0 Å².